The number of rotatable bonds is 6. The van der Waals surface area contributed by atoms with Crippen molar-refractivity contribution in [2.75, 3.05) is 0 Å². The molecular formula is C12H23NO2. The first-order valence-electron chi connectivity index (χ1n) is 5.94. The van der Waals surface area contributed by atoms with E-state index >= 15 is 0 Å². The Hall–Kier alpha value is -0.570. The standard InChI is InChI=1S/C12H23NO2/c1-8(2)6-9(3)15-12(14)7-11(13)10-4-5-10/h8-11H,4-7,13H2,1-3H3. The monoisotopic (exact) mass is 213 g/mol. The Morgan fingerprint density at radius 3 is 2.47 bits per heavy atom. The molecule has 2 unspecified atom stereocenters. The van der Waals surface area contributed by atoms with E-state index in [1.165, 1.54) is 12.8 Å². The molecule has 0 bridgehead atoms. The molecule has 0 aliphatic heterocycles. The molecule has 1 aliphatic carbocycles. The van der Waals surface area contributed by atoms with Crippen LogP contribution >= 0.6 is 0 Å². The van der Waals surface area contributed by atoms with Gasteiger partial charge in [0.05, 0.1) is 12.5 Å². The number of nitrogens with two attached hydrogens (primary N) is 1. The van der Waals surface area contributed by atoms with E-state index < -0.39 is 0 Å². The predicted octanol–water partition coefficient (Wildman–Crippen LogP) is 2.09. The van der Waals surface area contributed by atoms with Gasteiger partial charge in [0.1, 0.15) is 0 Å². The van der Waals surface area contributed by atoms with Gasteiger partial charge >= 0.3 is 5.97 Å². The van der Waals surface area contributed by atoms with Crippen LogP contribution in [-0.4, -0.2) is 18.1 Å². The molecule has 0 saturated heterocycles. The van der Waals surface area contributed by atoms with Gasteiger partial charge in [-0.3, -0.25) is 4.79 Å². The van der Waals surface area contributed by atoms with Crippen molar-refractivity contribution in [2.24, 2.45) is 17.6 Å². The Bertz CT molecular complexity index is 212. The van der Waals surface area contributed by atoms with Crippen LogP contribution in [0.3, 0.4) is 0 Å². The van der Waals surface area contributed by atoms with E-state index in [2.05, 4.69) is 13.8 Å². The molecule has 0 aromatic carbocycles. The fraction of sp³-hybridized carbons (Fsp3) is 0.917. The number of esters is 1. The van der Waals surface area contributed by atoms with Crippen molar-refractivity contribution >= 4 is 5.97 Å². The lowest BCUT2D eigenvalue weighted by atomic mass is 10.1. The van der Waals surface area contributed by atoms with Crippen molar-refractivity contribution in [3.8, 4) is 0 Å². The molecule has 1 fully saturated rings. The molecule has 1 rings (SSSR count). The van der Waals surface area contributed by atoms with Crippen molar-refractivity contribution in [3.05, 3.63) is 0 Å². The van der Waals surface area contributed by atoms with E-state index in [9.17, 15) is 4.79 Å². The molecule has 1 saturated carbocycles. The molecular weight excluding hydrogens is 190 g/mol. The van der Waals surface area contributed by atoms with Gasteiger partial charge in [0.2, 0.25) is 0 Å². The fourth-order valence-corrected chi connectivity index (χ4v) is 1.87. The first-order chi connectivity index (χ1) is 6.99. The second-order valence-corrected chi connectivity index (χ2v) is 5.14. The zero-order chi connectivity index (χ0) is 11.4. The lowest BCUT2D eigenvalue weighted by molar-refractivity contribution is -0.149. The average Bonchev–Trinajstić information content (AvgIpc) is 2.82. The largest absolute Gasteiger partial charge is 0.463 e. The Morgan fingerprint density at radius 1 is 1.40 bits per heavy atom. The Labute approximate surface area is 92.4 Å². The van der Waals surface area contributed by atoms with Crippen LogP contribution in [0.5, 0.6) is 0 Å². The molecule has 3 nitrogen and oxygen atoms in total. The highest BCUT2D eigenvalue weighted by Gasteiger charge is 2.30. The van der Waals surface area contributed by atoms with E-state index in [1.807, 2.05) is 6.92 Å². The van der Waals surface area contributed by atoms with E-state index in [0.717, 1.165) is 6.42 Å². The van der Waals surface area contributed by atoms with Crippen LogP contribution in [-0.2, 0) is 9.53 Å². The van der Waals surface area contributed by atoms with Crippen molar-refractivity contribution in [2.45, 2.75) is 58.6 Å². The van der Waals surface area contributed by atoms with Crippen molar-refractivity contribution in [3.63, 3.8) is 0 Å². The van der Waals surface area contributed by atoms with Gasteiger partial charge in [-0.15, -0.1) is 0 Å². The van der Waals surface area contributed by atoms with Crippen molar-refractivity contribution < 1.29 is 9.53 Å². The summed E-state index contributed by atoms with van der Waals surface area (Å²) >= 11 is 0. The SMILES string of the molecule is CC(C)CC(C)OC(=O)CC(N)C1CC1. The molecule has 0 heterocycles. The molecule has 2 atom stereocenters. The fourth-order valence-electron chi connectivity index (χ4n) is 1.87. The van der Waals surface area contributed by atoms with Gasteiger partial charge in [-0.2, -0.15) is 0 Å². The van der Waals surface area contributed by atoms with Gasteiger partial charge in [-0.25, -0.2) is 0 Å². The molecule has 2 N–H and O–H groups in total. The second-order valence-electron chi connectivity index (χ2n) is 5.14. The Kier molecular flexibility index (Phi) is 4.58. The summed E-state index contributed by atoms with van der Waals surface area (Å²) in [4.78, 5) is 11.5. The summed E-state index contributed by atoms with van der Waals surface area (Å²) in [5.74, 6) is 0.991. The van der Waals surface area contributed by atoms with E-state index in [1.54, 1.807) is 0 Å². The third-order valence-electron chi connectivity index (χ3n) is 2.77. The molecule has 0 amide bonds. The minimum Gasteiger partial charge on any atom is -0.463 e. The minimum absolute atomic E-state index is 0.0174. The number of ether oxygens (including phenoxy) is 1. The zero-order valence-corrected chi connectivity index (χ0v) is 10.0. The van der Waals surface area contributed by atoms with Gasteiger partial charge in [-0.05, 0) is 38.0 Å². The number of hydrogen-bond donors (Lipinski definition) is 1. The lowest BCUT2D eigenvalue weighted by Gasteiger charge is -2.16. The summed E-state index contributed by atoms with van der Waals surface area (Å²) in [5.41, 5.74) is 5.86. The second kappa shape index (κ2) is 5.50. The molecule has 0 aromatic rings. The van der Waals surface area contributed by atoms with Crippen LogP contribution in [0.4, 0.5) is 0 Å². The first kappa shape index (κ1) is 12.5. The molecule has 3 heteroatoms. The van der Waals surface area contributed by atoms with E-state index in [4.69, 9.17) is 10.5 Å². The summed E-state index contributed by atoms with van der Waals surface area (Å²) < 4.78 is 5.29. The van der Waals surface area contributed by atoms with Crippen LogP contribution in [0.2, 0.25) is 0 Å². The molecule has 0 aromatic heterocycles. The Balaban J connectivity index is 2.16. The normalized spacial score (nSPS) is 20.1. The van der Waals surface area contributed by atoms with Crippen LogP contribution in [0.25, 0.3) is 0 Å². The van der Waals surface area contributed by atoms with Gasteiger partial charge in [0, 0.05) is 6.04 Å². The van der Waals surface area contributed by atoms with Crippen LogP contribution < -0.4 is 5.73 Å². The third-order valence-corrected chi connectivity index (χ3v) is 2.77. The summed E-state index contributed by atoms with van der Waals surface area (Å²) in [6.45, 7) is 6.20. The quantitative estimate of drug-likeness (QED) is 0.687. The first-order valence-corrected chi connectivity index (χ1v) is 5.94. The van der Waals surface area contributed by atoms with Gasteiger partial charge < -0.3 is 10.5 Å². The van der Waals surface area contributed by atoms with Crippen LogP contribution in [0.1, 0.15) is 46.5 Å². The highest BCUT2D eigenvalue weighted by Crippen LogP contribution is 2.32. The molecule has 15 heavy (non-hydrogen) atoms. The van der Waals surface area contributed by atoms with Crippen molar-refractivity contribution in [1.29, 1.82) is 0 Å². The maximum Gasteiger partial charge on any atom is 0.307 e. The molecule has 88 valence electrons. The van der Waals surface area contributed by atoms with E-state index in [-0.39, 0.29) is 18.1 Å². The minimum atomic E-state index is -0.137. The maximum absolute atomic E-state index is 11.5. The topological polar surface area (TPSA) is 52.3 Å². The number of carbonyl (C=O) groups excluding carboxylic acids is 1. The van der Waals surface area contributed by atoms with Gasteiger partial charge in [-0.1, -0.05) is 13.8 Å². The Morgan fingerprint density at radius 2 is 2.00 bits per heavy atom. The maximum atomic E-state index is 11.5. The van der Waals surface area contributed by atoms with Gasteiger partial charge in [0.15, 0.2) is 0 Å². The zero-order valence-electron chi connectivity index (χ0n) is 10.0. The summed E-state index contributed by atoms with van der Waals surface area (Å²) in [6, 6.07) is 0.0174. The molecule has 0 radical (unpaired) electrons. The summed E-state index contributed by atoms with van der Waals surface area (Å²) in [5, 5.41) is 0. The summed E-state index contributed by atoms with van der Waals surface area (Å²) in [6.07, 6.45) is 3.67. The van der Waals surface area contributed by atoms with Crippen molar-refractivity contribution in [1.82, 2.24) is 0 Å². The van der Waals surface area contributed by atoms with E-state index in [0.29, 0.717) is 18.3 Å². The summed E-state index contributed by atoms with van der Waals surface area (Å²) in [7, 11) is 0. The lowest BCUT2D eigenvalue weighted by Crippen LogP contribution is -2.28. The number of hydrogen-bond acceptors (Lipinski definition) is 3. The average molecular weight is 213 g/mol. The van der Waals surface area contributed by atoms with Crippen LogP contribution in [0.15, 0.2) is 0 Å². The highest BCUT2D eigenvalue weighted by atomic mass is 16.5. The molecule has 0 spiro atoms. The third kappa shape index (κ3) is 5.17. The number of carbonyl (C=O) groups is 1. The van der Waals surface area contributed by atoms with Gasteiger partial charge in [0.25, 0.3) is 0 Å². The molecule has 1 aliphatic rings. The smallest absolute Gasteiger partial charge is 0.307 e. The highest BCUT2D eigenvalue weighted by molar-refractivity contribution is 5.70. The van der Waals surface area contributed by atoms with Crippen LogP contribution in [0, 0.1) is 11.8 Å². The predicted molar refractivity (Wildman–Crippen MR) is 60.3 cm³/mol.